The monoisotopic (exact) mass is 296 g/mol. The molecule has 1 fully saturated rings. The average molecular weight is 296 g/mol. The largest absolute Gasteiger partial charge is 0.477 e. The molecule has 1 aromatic rings. The Morgan fingerprint density at radius 3 is 2.67 bits per heavy atom. The van der Waals surface area contributed by atoms with Crippen molar-refractivity contribution >= 4 is 17.3 Å². The molecular formula is C14H17FN2O4. The Hall–Kier alpha value is -2.18. The van der Waals surface area contributed by atoms with Crippen molar-refractivity contribution in [2.45, 2.75) is 39.2 Å². The fourth-order valence-electron chi connectivity index (χ4n) is 2.77. The van der Waals surface area contributed by atoms with E-state index >= 15 is 0 Å². The van der Waals surface area contributed by atoms with E-state index in [4.69, 9.17) is 5.11 Å². The van der Waals surface area contributed by atoms with Gasteiger partial charge in [0, 0.05) is 6.04 Å². The summed E-state index contributed by atoms with van der Waals surface area (Å²) < 4.78 is 13.9. The zero-order chi connectivity index (χ0) is 15.8. The van der Waals surface area contributed by atoms with Crippen molar-refractivity contribution in [1.82, 2.24) is 0 Å². The number of benzene rings is 1. The van der Waals surface area contributed by atoms with Gasteiger partial charge in [-0.05, 0) is 30.7 Å². The van der Waals surface area contributed by atoms with Crippen molar-refractivity contribution in [3.05, 3.63) is 33.6 Å². The van der Waals surface area contributed by atoms with E-state index in [2.05, 4.69) is 19.2 Å². The maximum absolute atomic E-state index is 13.9. The van der Waals surface area contributed by atoms with Crippen LogP contribution < -0.4 is 5.32 Å². The maximum atomic E-state index is 13.9. The van der Waals surface area contributed by atoms with Gasteiger partial charge in [0.05, 0.1) is 16.7 Å². The third kappa shape index (κ3) is 3.29. The van der Waals surface area contributed by atoms with E-state index in [0.717, 1.165) is 25.3 Å². The summed E-state index contributed by atoms with van der Waals surface area (Å²) in [7, 11) is 0. The highest BCUT2D eigenvalue weighted by Crippen LogP contribution is 2.39. The molecule has 1 aromatic carbocycles. The molecule has 6 nitrogen and oxygen atoms in total. The van der Waals surface area contributed by atoms with Gasteiger partial charge in [-0.1, -0.05) is 13.8 Å². The number of anilines is 1. The molecule has 2 rings (SSSR count). The highest BCUT2D eigenvalue weighted by atomic mass is 19.1. The van der Waals surface area contributed by atoms with Gasteiger partial charge in [0.1, 0.15) is 5.56 Å². The molecule has 1 aliphatic carbocycles. The second kappa shape index (κ2) is 5.31. The van der Waals surface area contributed by atoms with E-state index in [1.165, 1.54) is 0 Å². The van der Waals surface area contributed by atoms with Crippen molar-refractivity contribution in [2.75, 3.05) is 5.32 Å². The second-order valence-electron chi connectivity index (χ2n) is 6.16. The maximum Gasteiger partial charge on any atom is 0.342 e. The molecule has 0 aliphatic heterocycles. The molecule has 0 radical (unpaired) electrons. The molecule has 2 N–H and O–H groups in total. The normalized spacial score (nSPS) is 20.2. The smallest absolute Gasteiger partial charge is 0.342 e. The lowest BCUT2D eigenvalue weighted by Crippen LogP contribution is -2.19. The Morgan fingerprint density at radius 2 is 2.19 bits per heavy atom. The molecule has 114 valence electrons. The Kier molecular flexibility index (Phi) is 3.85. The molecule has 1 saturated carbocycles. The van der Waals surface area contributed by atoms with E-state index in [1.54, 1.807) is 0 Å². The van der Waals surface area contributed by atoms with Crippen molar-refractivity contribution in [1.29, 1.82) is 0 Å². The van der Waals surface area contributed by atoms with Crippen LogP contribution in [0.25, 0.3) is 0 Å². The van der Waals surface area contributed by atoms with Crippen LogP contribution in [-0.2, 0) is 0 Å². The predicted octanol–water partition coefficient (Wildman–Crippen LogP) is 3.42. The Labute approximate surface area is 121 Å². The summed E-state index contributed by atoms with van der Waals surface area (Å²) in [6, 6.07) is 1.70. The van der Waals surface area contributed by atoms with Crippen LogP contribution in [0.15, 0.2) is 12.1 Å². The number of hydrogen-bond donors (Lipinski definition) is 2. The van der Waals surface area contributed by atoms with Crippen LogP contribution in [0, 0.1) is 21.3 Å². The topological polar surface area (TPSA) is 92.5 Å². The third-order valence-corrected chi connectivity index (χ3v) is 3.84. The number of nitro benzene ring substituents is 1. The number of nitro groups is 1. The summed E-state index contributed by atoms with van der Waals surface area (Å²) in [5.74, 6) is -2.26. The fraction of sp³-hybridized carbons (Fsp3) is 0.500. The second-order valence-corrected chi connectivity index (χ2v) is 6.16. The summed E-state index contributed by atoms with van der Waals surface area (Å²) in [4.78, 5) is 21.0. The van der Waals surface area contributed by atoms with Crippen molar-refractivity contribution in [3.8, 4) is 0 Å². The first-order valence-corrected chi connectivity index (χ1v) is 6.67. The van der Waals surface area contributed by atoms with Gasteiger partial charge in [-0.3, -0.25) is 10.1 Å². The van der Waals surface area contributed by atoms with E-state index in [-0.39, 0.29) is 17.1 Å². The number of carboxylic acid groups (broad SMARTS) is 1. The lowest BCUT2D eigenvalue weighted by atomic mass is 9.92. The summed E-state index contributed by atoms with van der Waals surface area (Å²) in [5, 5.41) is 22.8. The van der Waals surface area contributed by atoms with Gasteiger partial charge >= 0.3 is 5.97 Å². The van der Waals surface area contributed by atoms with E-state index < -0.39 is 28.0 Å². The molecule has 1 atom stereocenters. The fourth-order valence-corrected chi connectivity index (χ4v) is 2.77. The first-order valence-electron chi connectivity index (χ1n) is 6.67. The van der Waals surface area contributed by atoms with Crippen molar-refractivity contribution in [2.24, 2.45) is 5.41 Å². The van der Waals surface area contributed by atoms with Crippen LogP contribution in [0.1, 0.15) is 43.5 Å². The number of rotatable bonds is 4. The molecule has 0 amide bonds. The minimum atomic E-state index is -1.45. The molecule has 1 unspecified atom stereocenters. The third-order valence-electron chi connectivity index (χ3n) is 3.84. The van der Waals surface area contributed by atoms with Crippen LogP contribution in [0.3, 0.4) is 0 Å². The number of carbonyl (C=O) groups is 1. The van der Waals surface area contributed by atoms with Gasteiger partial charge < -0.3 is 10.4 Å². The molecule has 21 heavy (non-hydrogen) atoms. The lowest BCUT2D eigenvalue weighted by Gasteiger charge is -2.19. The number of carboxylic acids is 1. The standard InChI is InChI=1S/C14H17FN2O4/c1-14(2)4-3-8(7-14)16-11-5-9(13(18)19)12(17(20)21)6-10(11)15/h5-6,8,16H,3-4,7H2,1-2H3,(H,18,19). The molecule has 7 heteroatoms. The minimum absolute atomic E-state index is 0.000648. The number of nitrogens with one attached hydrogen (secondary N) is 1. The summed E-state index contributed by atoms with van der Waals surface area (Å²) in [6.45, 7) is 4.23. The first-order chi connectivity index (χ1) is 9.69. The van der Waals surface area contributed by atoms with Crippen LogP contribution in [0.4, 0.5) is 15.8 Å². The molecular weight excluding hydrogens is 279 g/mol. The Morgan fingerprint density at radius 1 is 1.52 bits per heavy atom. The molecule has 0 spiro atoms. The zero-order valence-corrected chi connectivity index (χ0v) is 11.9. The SMILES string of the molecule is CC1(C)CCC(Nc2cc(C(=O)O)c([N+](=O)[O-])cc2F)C1. The molecule has 1 aliphatic rings. The number of hydrogen-bond acceptors (Lipinski definition) is 4. The molecule has 0 bridgehead atoms. The van der Waals surface area contributed by atoms with Crippen LogP contribution >= 0.6 is 0 Å². The van der Waals surface area contributed by atoms with Crippen LogP contribution in [-0.4, -0.2) is 22.0 Å². The number of halogens is 1. The first kappa shape index (κ1) is 15.2. The minimum Gasteiger partial charge on any atom is -0.477 e. The molecule has 0 aromatic heterocycles. The summed E-state index contributed by atoms with van der Waals surface area (Å²) >= 11 is 0. The van der Waals surface area contributed by atoms with Crippen molar-refractivity contribution in [3.63, 3.8) is 0 Å². The van der Waals surface area contributed by atoms with Gasteiger partial charge in [0.25, 0.3) is 5.69 Å². The predicted molar refractivity (Wildman–Crippen MR) is 75.1 cm³/mol. The Bertz CT molecular complexity index is 601. The van der Waals surface area contributed by atoms with Gasteiger partial charge in [0.15, 0.2) is 5.82 Å². The van der Waals surface area contributed by atoms with Crippen LogP contribution in [0.5, 0.6) is 0 Å². The van der Waals surface area contributed by atoms with Crippen molar-refractivity contribution < 1.29 is 19.2 Å². The lowest BCUT2D eigenvalue weighted by molar-refractivity contribution is -0.385. The highest BCUT2D eigenvalue weighted by molar-refractivity contribution is 5.93. The zero-order valence-electron chi connectivity index (χ0n) is 11.9. The van der Waals surface area contributed by atoms with Gasteiger partial charge in [-0.25, -0.2) is 9.18 Å². The molecule has 0 heterocycles. The average Bonchev–Trinajstić information content (AvgIpc) is 2.70. The van der Waals surface area contributed by atoms with Gasteiger partial charge in [0.2, 0.25) is 0 Å². The van der Waals surface area contributed by atoms with E-state index in [0.29, 0.717) is 6.07 Å². The highest BCUT2D eigenvalue weighted by Gasteiger charge is 2.32. The van der Waals surface area contributed by atoms with Gasteiger partial charge in [-0.2, -0.15) is 0 Å². The summed E-state index contributed by atoms with van der Waals surface area (Å²) in [5.41, 5.74) is -1.09. The Balaban J connectivity index is 2.30. The summed E-state index contributed by atoms with van der Waals surface area (Å²) in [6.07, 6.45) is 2.68. The molecule has 0 saturated heterocycles. The number of nitrogens with zero attached hydrogens (tertiary/aromatic N) is 1. The van der Waals surface area contributed by atoms with Gasteiger partial charge in [-0.15, -0.1) is 0 Å². The number of aromatic carboxylic acids is 1. The quantitative estimate of drug-likeness (QED) is 0.656. The van der Waals surface area contributed by atoms with E-state index in [9.17, 15) is 19.3 Å². The van der Waals surface area contributed by atoms with Crippen LogP contribution in [0.2, 0.25) is 0 Å². The van der Waals surface area contributed by atoms with E-state index in [1.807, 2.05) is 0 Å².